The van der Waals surface area contributed by atoms with E-state index in [1.54, 1.807) is 14.7 Å². The van der Waals surface area contributed by atoms with Crippen molar-refractivity contribution in [3.05, 3.63) is 23.8 Å². The lowest BCUT2D eigenvalue weighted by molar-refractivity contribution is 0.280. The van der Waals surface area contributed by atoms with Crippen LogP contribution in [-0.4, -0.2) is 32.4 Å². The van der Waals surface area contributed by atoms with E-state index in [-0.39, 0.29) is 0 Å². The lowest BCUT2D eigenvalue weighted by Gasteiger charge is -2.37. The Labute approximate surface area is 126 Å². The summed E-state index contributed by atoms with van der Waals surface area (Å²) in [7, 11) is -3.44. The average Bonchev–Trinajstić information content (AvgIpc) is 2.46. The van der Waals surface area contributed by atoms with Gasteiger partial charge in [0.1, 0.15) is 0 Å². The van der Waals surface area contributed by atoms with Gasteiger partial charge in [0.25, 0.3) is 0 Å². The number of rotatable bonds is 2. The van der Waals surface area contributed by atoms with Crippen LogP contribution < -0.4 is 10.0 Å². The topological polar surface area (TPSA) is 66.6 Å². The molecule has 0 aliphatic carbocycles. The van der Waals surface area contributed by atoms with Gasteiger partial charge in [0.05, 0.1) is 5.69 Å². The molecule has 0 spiro atoms. The second kappa shape index (κ2) is 5.50. The van der Waals surface area contributed by atoms with Gasteiger partial charge in [-0.15, -0.1) is 0 Å². The molecule has 1 aromatic carbocycles. The normalized spacial score (nSPS) is 23.9. The monoisotopic (exact) mass is 309 g/mol. The summed E-state index contributed by atoms with van der Waals surface area (Å²) in [5.74, 6) is 0.429. The fourth-order valence-electron chi connectivity index (χ4n) is 3.29. The standard InChI is InChI=1S/C15H23N3O2S/c1-12-4-2-8-17(11-12)21(19,20)18-9-3-5-13-6-7-14(16)10-15(13)18/h6-7,10,12H,2-5,8-9,11,16H2,1H3. The number of fused-ring (bicyclic) bond motifs is 1. The molecule has 2 N–H and O–H groups in total. The van der Waals surface area contributed by atoms with Gasteiger partial charge in [-0.25, -0.2) is 0 Å². The molecule has 1 aromatic rings. The molecule has 1 saturated heterocycles. The van der Waals surface area contributed by atoms with Crippen LogP contribution in [0.1, 0.15) is 31.7 Å². The summed E-state index contributed by atoms with van der Waals surface area (Å²) in [6.07, 6.45) is 3.82. The molecule has 5 nitrogen and oxygen atoms in total. The maximum atomic E-state index is 13.0. The third-order valence-electron chi connectivity index (χ3n) is 4.41. The molecule has 1 fully saturated rings. The van der Waals surface area contributed by atoms with Crippen molar-refractivity contribution in [2.24, 2.45) is 5.92 Å². The second-order valence-corrected chi connectivity index (χ2v) is 8.03. The highest BCUT2D eigenvalue weighted by Gasteiger charge is 2.34. The SMILES string of the molecule is CC1CCCN(S(=O)(=O)N2CCCc3ccc(N)cc32)C1. The molecule has 6 heteroatoms. The summed E-state index contributed by atoms with van der Waals surface area (Å²) in [4.78, 5) is 0. The van der Waals surface area contributed by atoms with Crippen LogP contribution in [0.15, 0.2) is 18.2 Å². The zero-order chi connectivity index (χ0) is 15.0. The quantitative estimate of drug-likeness (QED) is 0.850. The number of hydrogen-bond donors (Lipinski definition) is 1. The minimum atomic E-state index is -3.44. The first-order chi connectivity index (χ1) is 9.98. The summed E-state index contributed by atoms with van der Waals surface area (Å²) < 4.78 is 29.1. The Morgan fingerprint density at radius 1 is 1.24 bits per heavy atom. The van der Waals surface area contributed by atoms with Crippen LogP contribution in [0.2, 0.25) is 0 Å². The van der Waals surface area contributed by atoms with Gasteiger partial charge >= 0.3 is 10.2 Å². The molecule has 2 heterocycles. The number of benzene rings is 1. The Kier molecular flexibility index (Phi) is 3.84. The summed E-state index contributed by atoms with van der Waals surface area (Å²) in [5.41, 5.74) is 8.30. The van der Waals surface area contributed by atoms with Crippen LogP contribution in [-0.2, 0) is 16.6 Å². The van der Waals surface area contributed by atoms with E-state index in [2.05, 4.69) is 6.92 Å². The van der Waals surface area contributed by atoms with Crippen LogP contribution in [0.25, 0.3) is 0 Å². The van der Waals surface area contributed by atoms with Crippen molar-refractivity contribution in [2.45, 2.75) is 32.6 Å². The van der Waals surface area contributed by atoms with Crippen molar-refractivity contribution in [3.8, 4) is 0 Å². The summed E-state index contributed by atoms with van der Waals surface area (Å²) in [6, 6.07) is 5.59. The molecule has 2 aliphatic heterocycles. The lowest BCUT2D eigenvalue weighted by atomic mass is 10.0. The van der Waals surface area contributed by atoms with Gasteiger partial charge in [0.15, 0.2) is 0 Å². The molecule has 21 heavy (non-hydrogen) atoms. The molecule has 0 bridgehead atoms. The molecule has 0 radical (unpaired) electrons. The van der Waals surface area contributed by atoms with Gasteiger partial charge in [-0.1, -0.05) is 13.0 Å². The van der Waals surface area contributed by atoms with Crippen LogP contribution in [0, 0.1) is 5.92 Å². The number of nitrogens with two attached hydrogens (primary N) is 1. The number of anilines is 2. The van der Waals surface area contributed by atoms with Gasteiger partial charge in [-0.2, -0.15) is 12.7 Å². The molecule has 1 atom stereocenters. The highest BCUT2D eigenvalue weighted by Crippen LogP contribution is 2.33. The molecule has 0 saturated carbocycles. The molecule has 1 unspecified atom stereocenters. The first kappa shape index (κ1) is 14.7. The fourth-order valence-corrected chi connectivity index (χ4v) is 5.15. The minimum absolute atomic E-state index is 0.429. The van der Waals surface area contributed by atoms with Crippen molar-refractivity contribution in [3.63, 3.8) is 0 Å². The van der Waals surface area contributed by atoms with Crippen molar-refractivity contribution in [2.75, 3.05) is 29.7 Å². The maximum Gasteiger partial charge on any atom is 0.304 e. The van der Waals surface area contributed by atoms with Crippen LogP contribution in [0.3, 0.4) is 0 Å². The summed E-state index contributed by atoms with van der Waals surface area (Å²) >= 11 is 0. The van der Waals surface area contributed by atoms with Gasteiger partial charge in [-0.05, 0) is 49.3 Å². The summed E-state index contributed by atoms with van der Waals surface area (Å²) in [6.45, 7) is 3.91. The molecule has 116 valence electrons. The average molecular weight is 309 g/mol. The second-order valence-electron chi connectivity index (χ2n) is 6.18. The smallest absolute Gasteiger partial charge is 0.304 e. The number of nitrogen functional groups attached to an aromatic ring is 1. The van der Waals surface area contributed by atoms with Gasteiger partial charge in [0.2, 0.25) is 0 Å². The molecule has 0 aromatic heterocycles. The van der Waals surface area contributed by atoms with Crippen LogP contribution >= 0.6 is 0 Å². The minimum Gasteiger partial charge on any atom is -0.399 e. The van der Waals surface area contributed by atoms with E-state index >= 15 is 0 Å². The molecule has 2 aliphatic rings. The Morgan fingerprint density at radius 3 is 2.81 bits per heavy atom. The van der Waals surface area contributed by atoms with E-state index in [0.29, 0.717) is 31.2 Å². The Bertz CT molecular complexity index is 630. The van der Waals surface area contributed by atoms with Crippen molar-refractivity contribution >= 4 is 21.6 Å². The number of nitrogens with zero attached hydrogens (tertiary/aromatic N) is 2. The van der Waals surface area contributed by atoms with Crippen molar-refractivity contribution in [1.82, 2.24) is 4.31 Å². The van der Waals surface area contributed by atoms with E-state index in [4.69, 9.17) is 5.73 Å². The van der Waals surface area contributed by atoms with Crippen molar-refractivity contribution in [1.29, 1.82) is 0 Å². The zero-order valence-electron chi connectivity index (χ0n) is 12.5. The van der Waals surface area contributed by atoms with Gasteiger partial charge in [-0.3, -0.25) is 4.31 Å². The first-order valence-corrected chi connectivity index (χ1v) is 9.04. The predicted molar refractivity (Wildman–Crippen MR) is 85.4 cm³/mol. The molecular weight excluding hydrogens is 286 g/mol. The third kappa shape index (κ3) is 2.74. The number of piperidine rings is 1. The number of aryl methyl sites for hydroxylation is 1. The Balaban J connectivity index is 1.95. The van der Waals surface area contributed by atoms with Crippen LogP contribution in [0.5, 0.6) is 0 Å². The fraction of sp³-hybridized carbons (Fsp3) is 0.600. The maximum absolute atomic E-state index is 13.0. The van der Waals surface area contributed by atoms with Gasteiger partial charge < -0.3 is 5.73 Å². The molecule has 0 amide bonds. The predicted octanol–water partition coefficient (Wildman–Crippen LogP) is 2.00. The zero-order valence-corrected chi connectivity index (χ0v) is 13.3. The first-order valence-electron chi connectivity index (χ1n) is 7.64. The Hall–Kier alpha value is -1.27. The van der Waals surface area contributed by atoms with E-state index < -0.39 is 10.2 Å². The highest BCUT2D eigenvalue weighted by atomic mass is 32.2. The van der Waals surface area contributed by atoms with Crippen LogP contribution in [0.4, 0.5) is 11.4 Å². The molecule has 3 rings (SSSR count). The van der Waals surface area contributed by atoms with E-state index in [9.17, 15) is 8.42 Å². The largest absolute Gasteiger partial charge is 0.399 e. The summed E-state index contributed by atoms with van der Waals surface area (Å²) in [5, 5.41) is 0. The lowest BCUT2D eigenvalue weighted by Crippen LogP contribution is -2.49. The number of hydrogen-bond acceptors (Lipinski definition) is 3. The van der Waals surface area contributed by atoms with E-state index in [0.717, 1.165) is 36.9 Å². The van der Waals surface area contributed by atoms with Gasteiger partial charge in [0, 0.05) is 25.3 Å². The van der Waals surface area contributed by atoms with E-state index in [1.807, 2.05) is 12.1 Å². The molecular formula is C15H23N3O2S. The van der Waals surface area contributed by atoms with E-state index in [1.165, 1.54) is 0 Å². The Morgan fingerprint density at radius 2 is 2.05 bits per heavy atom. The highest BCUT2D eigenvalue weighted by molar-refractivity contribution is 7.90. The third-order valence-corrected chi connectivity index (χ3v) is 6.33. The van der Waals surface area contributed by atoms with Crippen molar-refractivity contribution < 1.29 is 8.42 Å².